The molecule has 0 N–H and O–H groups in total. The van der Waals surface area contributed by atoms with Crippen molar-refractivity contribution in [2.75, 3.05) is 30.0 Å². The number of aromatic nitrogens is 4. The summed E-state index contributed by atoms with van der Waals surface area (Å²) in [6.45, 7) is 2.99. The Morgan fingerprint density at radius 1 is 0.882 bits per heavy atom. The Labute approximate surface area is 288 Å². The molecule has 0 unspecified atom stereocenters. The summed E-state index contributed by atoms with van der Waals surface area (Å²) in [5.41, 5.74) is -3.45. The molecule has 17 heteroatoms. The van der Waals surface area contributed by atoms with Gasteiger partial charge in [0.15, 0.2) is 0 Å². The van der Waals surface area contributed by atoms with E-state index in [-0.39, 0.29) is 52.9 Å². The quantitative estimate of drug-likeness (QED) is 0.170. The number of hydrogen-bond acceptors (Lipinski definition) is 7. The van der Waals surface area contributed by atoms with E-state index in [1.54, 1.807) is 0 Å². The summed E-state index contributed by atoms with van der Waals surface area (Å²) in [6.07, 6.45) is -10.8. The van der Waals surface area contributed by atoms with Gasteiger partial charge in [-0.05, 0) is 110 Å². The summed E-state index contributed by atoms with van der Waals surface area (Å²) in [5, 5.41) is 12.1. The van der Waals surface area contributed by atoms with Gasteiger partial charge in [0.25, 0.3) is 5.95 Å². The molecule has 1 aliphatic heterocycles. The van der Waals surface area contributed by atoms with E-state index in [0.29, 0.717) is 49.3 Å². The van der Waals surface area contributed by atoms with Crippen LogP contribution in [0.3, 0.4) is 0 Å². The van der Waals surface area contributed by atoms with Crippen molar-refractivity contribution in [3.8, 4) is 0 Å². The highest BCUT2D eigenvalue weighted by atomic mass is 19.4. The van der Waals surface area contributed by atoms with Gasteiger partial charge in [0.1, 0.15) is 0 Å². The standard InChI is InChI=1S/C34H39F9N6O2/c1-19-12-26-27(49(31-44-46-47(3)45-31)18-23-13-24(32(35,36)37)16-25(14-23)33(38,39)40)6-5-11-48(30(26)20(2)29(19)34(41,42)43)17-22-9-7-21(8-10-22)15-28(50)51-4/h12-14,16,21-22,27H,5-11,15,17-18H2,1-4H3/t21-,22-,27-/m0/s1. The van der Waals surface area contributed by atoms with Crippen LogP contribution in [0.5, 0.6) is 0 Å². The van der Waals surface area contributed by atoms with E-state index in [1.807, 2.05) is 4.90 Å². The number of esters is 1. The van der Waals surface area contributed by atoms with Crippen molar-refractivity contribution in [2.24, 2.45) is 18.9 Å². The number of rotatable bonds is 8. The second-order valence-electron chi connectivity index (χ2n) is 13.5. The summed E-state index contributed by atoms with van der Waals surface area (Å²) < 4.78 is 131. The van der Waals surface area contributed by atoms with Gasteiger partial charge in [-0.2, -0.15) is 44.3 Å². The van der Waals surface area contributed by atoms with E-state index < -0.39 is 47.8 Å². The molecule has 2 aromatic carbocycles. The molecule has 0 amide bonds. The Bertz CT molecular complexity index is 1680. The lowest BCUT2D eigenvalue weighted by molar-refractivity contribution is -0.144. The number of tetrazole rings is 1. The van der Waals surface area contributed by atoms with Crippen LogP contribution >= 0.6 is 0 Å². The van der Waals surface area contributed by atoms with Crippen LogP contribution in [0.2, 0.25) is 0 Å². The largest absolute Gasteiger partial charge is 0.469 e. The van der Waals surface area contributed by atoms with Crippen molar-refractivity contribution in [3.05, 3.63) is 63.2 Å². The fraction of sp³-hybridized carbons (Fsp3) is 0.588. The molecule has 0 spiro atoms. The highest BCUT2D eigenvalue weighted by molar-refractivity contribution is 5.69. The van der Waals surface area contributed by atoms with Crippen LogP contribution in [0.1, 0.15) is 89.9 Å². The molecule has 8 nitrogen and oxygen atoms in total. The molecule has 1 aromatic heterocycles. The first kappa shape index (κ1) is 38.2. The van der Waals surface area contributed by atoms with Crippen LogP contribution in [-0.4, -0.2) is 46.4 Å². The maximum absolute atomic E-state index is 14.5. The third-order valence-corrected chi connectivity index (χ3v) is 9.89. The monoisotopic (exact) mass is 734 g/mol. The Kier molecular flexibility index (Phi) is 10.9. The number of fused-ring (bicyclic) bond motifs is 1. The molecule has 5 rings (SSSR count). The molecule has 280 valence electrons. The minimum atomic E-state index is -5.08. The lowest BCUT2D eigenvalue weighted by atomic mass is 9.80. The van der Waals surface area contributed by atoms with Gasteiger partial charge in [0.05, 0.1) is 36.9 Å². The van der Waals surface area contributed by atoms with Crippen LogP contribution in [0.4, 0.5) is 51.1 Å². The van der Waals surface area contributed by atoms with Crippen molar-refractivity contribution in [2.45, 2.75) is 89.9 Å². The smallest absolute Gasteiger partial charge is 0.416 e. The maximum Gasteiger partial charge on any atom is 0.416 e. The second-order valence-corrected chi connectivity index (χ2v) is 13.5. The molecule has 3 aromatic rings. The summed E-state index contributed by atoms with van der Waals surface area (Å²) in [6, 6.07) is 1.87. The zero-order valence-corrected chi connectivity index (χ0v) is 28.5. The number of hydrogen-bond donors (Lipinski definition) is 0. The van der Waals surface area contributed by atoms with E-state index in [2.05, 4.69) is 15.4 Å². The number of nitrogens with zero attached hydrogens (tertiary/aromatic N) is 6. The van der Waals surface area contributed by atoms with Crippen LogP contribution in [0.25, 0.3) is 0 Å². The van der Waals surface area contributed by atoms with Gasteiger partial charge in [-0.15, -0.1) is 5.10 Å². The molecule has 1 saturated carbocycles. The molecule has 2 aliphatic rings. The van der Waals surface area contributed by atoms with Gasteiger partial charge in [-0.3, -0.25) is 4.79 Å². The Balaban J connectivity index is 1.59. The van der Waals surface area contributed by atoms with Crippen molar-refractivity contribution >= 4 is 17.6 Å². The minimum Gasteiger partial charge on any atom is -0.469 e. The molecule has 0 bridgehead atoms. The summed E-state index contributed by atoms with van der Waals surface area (Å²) in [7, 11) is 2.77. The second kappa shape index (κ2) is 14.5. The van der Waals surface area contributed by atoms with Crippen molar-refractivity contribution < 1.29 is 49.0 Å². The van der Waals surface area contributed by atoms with Crippen LogP contribution in [-0.2, 0) is 41.7 Å². The number of benzene rings is 2. The number of alkyl halides is 9. The zero-order valence-electron chi connectivity index (χ0n) is 28.5. The van der Waals surface area contributed by atoms with Crippen LogP contribution in [0.15, 0.2) is 24.3 Å². The van der Waals surface area contributed by atoms with E-state index in [0.717, 1.165) is 30.5 Å². The van der Waals surface area contributed by atoms with E-state index in [9.17, 15) is 44.3 Å². The third kappa shape index (κ3) is 8.71. The predicted molar refractivity (Wildman–Crippen MR) is 169 cm³/mol. The molecule has 1 atom stereocenters. The average molecular weight is 735 g/mol. The van der Waals surface area contributed by atoms with Gasteiger partial charge in [0.2, 0.25) is 0 Å². The molecule has 0 radical (unpaired) electrons. The van der Waals surface area contributed by atoms with Crippen molar-refractivity contribution in [1.29, 1.82) is 0 Å². The van der Waals surface area contributed by atoms with E-state index >= 15 is 0 Å². The number of carbonyl (C=O) groups excluding carboxylic acids is 1. The van der Waals surface area contributed by atoms with Gasteiger partial charge < -0.3 is 14.5 Å². The molecule has 0 saturated heterocycles. The minimum absolute atomic E-state index is 0.0192. The molecule has 1 aliphatic carbocycles. The van der Waals surface area contributed by atoms with Crippen LogP contribution < -0.4 is 9.80 Å². The Morgan fingerprint density at radius 3 is 2.02 bits per heavy atom. The van der Waals surface area contributed by atoms with Gasteiger partial charge in [-0.1, -0.05) is 11.2 Å². The zero-order chi connectivity index (χ0) is 37.5. The summed E-state index contributed by atoms with van der Waals surface area (Å²) in [5.74, 6) is -0.134. The first-order valence-corrected chi connectivity index (χ1v) is 16.6. The summed E-state index contributed by atoms with van der Waals surface area (Å²) >= 11 is 0. The van der Waals surface area contributed by atoms with Crippen LogP contribution in [0, 0.1) is 25.7 Å². The third-order valence-electron chi connectivity index (χ3n) is 9.89. The number of carbonyl (C=O) groups is 1. The molecule has 51 heavy (non-hydrogen) atoms. The topological polar surface area (TPSA) is 76.4 Å². The molecular weight excluding hydrogens is 695 g/mol. The number of anilines is 2. The lowest BCUT2D eigenvalue weighted by Gasteiger charge is -2.37. The van der Waals surface area contributed by atoms with Gasteiger partial charge >= 0.3 is 24.5 Å². The number of methoxy groups -OCH3 is 1. The van der Waals surface area contributed by atoms with E-state index in [1.165, 1.54) is 39.0 Å². The number of halogens is 9. The normalized spacial score (nSPS) is 20.2. The van der Waals surface area contributed by atoms with Gasteiger partial charge in [-0.25, -0.2) is 0 Å². The maximum atomic E-state index is 14.5. The fourth-order valence-corrected chi connectivity index (χ4v) is 7.63. The Morgan fingerprint density at radius 2 is 1.49 bits per heavy atom. The highest BCUT2D eigenvalue weighted by Crippen LogP contribution is 2.47. The summed E-state index contributed by atoms with van der Waals surface area (Å²) in [4.78, 5) is 16.3. The first-order chi connectivity index (χ1) is 23.8. The highest BCUT2D eigenvalue weighted by Gasteiger charge is 2.41. The van der Waals surface area contributed by atoms with Crippen molar-refractivity contribution in [3.63, 3.8) is 0 Å². The number of ether oxygens (including phenoxy) is 1. The van der Waals surface area contributed by atoms with Crippen molar-refractivity contribution in [1.82, 2.24) is 20.2 Å². The molecule has 1 fully saturated rings. The average Bonchev–Trinajstić information content (AvgIpc) is 3.38. The van der Waals surface area contributed by atoms with Gasteiger partial charge in [0, 0.05) is 31.7 Å². The Hall–Kier alpha value is -4.05. The molecule has 2 heterocycles. The number of aryl methyl sites for hydroxylation is 2. The fourth-order valence-electron chi connectivity index (χ4n) is 7.63. The lowest BCUT2D eigenvalue weighted by Crippen LogP contribution is -2.34. The molecular formula is C34H39F9N6O2. The predicted octanol–water partition coefficient (Wildman–Crippen LogP) is 8.60. The first-order valence-electron chi connectivity index (χ1n) is 16.6. The SMILES string of the molecule is COC(=O)C[C@H]1CC[C@H](CN2CCC[C@H](N(Cc3cc(C(F)(F)F)cc(C(F)(F)F)c3)c3nnn(C)n3)c3cc(C)c(C(F)(F)F)c(C)c32)CC1. The van der Waals surface area contributed by atoms with E-state index in [4.69, 9.17) is 4.74 Å².